The van der Waals surface area contributed by atoms with Crippen LogP contribution in [0.5, 0.6) is 11.5 Å². The van der Waals surface area contributed by atoms with Crippen LogP contribution in [0.3, 0.4) is 0 Å². The summed E-state index contributed by atoms with van der Waals surface area (Å²) in [6, 6.07) is 0.209. The molecule has 2 atom stereocenters. The minimum absolute atomic E-state index is 0.0623. The maximum absolute atomic E-state index is 14.1. The van der Waals surface area contributed by atoms with Crippen molar-refractivity contribution in [2.75, 3.05) is 19.0 Å². The fraction of sp³-hybridized carbons (Fsp3) is 0.444. The van der Waals surface area contributed by atoms with Gasteiger partial charge in [-0.1, -0.05) is 11.3 Å². The van der Waals surface area contributed by atoms with Gasteiger partial charge in [-0.05, 0) is 6.92 Å². The van der Waals surface area contributed by atoms with Crippen molar-refractivity contribution in [3.63, 3.8) is 0 Å². The van der Waals surface area contributed by atoms with Gasteiger partial charge in [0.1, 0.15) is 6.10 Å². The molecular weight excluding hydrogens is 399 g/mol. The Balaban J connectivity index is 1.43. The zero-order valence-electron chi connectivity index (χ0n) is 16.3. The Morgan fingerprint density at radius 2 is 2.28 bits per heavy atom. The van der Waals surface area contributed by atoms with Crippen molar-refractivity contribution in [3.05, 3.63) is 29.4 Å². The Morgan fingerprint density at radius 3 is 3.03 bits per heavy atom. The van der Waals surface area contributed by atoms with Gasteiger partial charge in [0.25, 0.3) is 0 Å². The van der Waals surface area contributed by atoms with Gasteiger partial charge in [-0.3, -0.25) is 9.69 Å². The summed E-state index contributed by atoms with van der Waals surface area (Å²) >= 11 is 1.15. The number of carbonyl (C=O) groups is 1. The summed E-state index contributed by atoms with van der Waals surface area (Å²) in [5, 5.41) is 7.06. The van der Waals surface area contributed by atoms with E-state index in [0.717, 1.165) is 17.8 Å². The maximum atomic E-state index is 14.1. The van der Waals surface area contributed by atoms with Crippen LogP contribution in [0.25, 0.3) is 5.65 Å². The summed E-state index contributed by atoms with van der Waals surface area (Å²) in [5.41, 5.74) is 0.616. The van der Waals surface area contributed by atoms with Crippen molar-refractivity contribution >= 4 is 28.0 Å². The lowest BCUT2D eigenvalue weighted by molar-refractivity contribution is -0.114. The number of carbonyl (C=O) groups excluding carboxylic acids is 1. The molecule has 1 N–H and O–H groups in total. The normalized spacial score (nSPS) is 19.6. The van der Waals surface area contributed by atoms with Gasteiger partial charge in [0, 0.05) is 32.5 Å². The van der Waals surface area contributed by atoms with Crippen molar-refractivity contribution in [2.45, 2.75) is 39.0 Å². The number of amides is 1. The van der Waals surface area contributed by atoms with E-state index in [1.165, 1.54) is 6.92 Å². The predicted octanol–water partition coefficient (Wildman–Crippen LogP) is 2.33. The van der Waals surface area contributed by atoms with E-state index in [4.69, 9.17) is 9.47 Å². The van der Waals surface area contributed by atoms with Gasteiger partial charge >= 0.3 is 0 Å². The number of likely N-dealkylation sites (tertiary alicyclic amines) is 1. The SMILES string of the molecule is COc1cnc2c(OC3C[C@H](C)N(Cc4sc(NC(C)=O)nc4F)C3)cnn2c1. The van der Waals surface area contributed by atoms with Crippen LogP contribution in [-0.2, 0) is 11.3 Å². The molecule has 0 radical (unpaired) electrons. The highest BCUT2D eigenvalue weighted by Crippen LogP contribution is 2.29. The molecule has 0 aromatic carbocycles. The fourth-order valence-corrected chi connectivity index (χ4v) is 4.29. The first-order valence-corrected chi connectivity index (χ1v) is 9.95. The average Bonchev–Trinajstić information content (AvgIpc) is 3.33. The molecule has 154 valence electrons. The molecule has 1 aliphatic rings. The molecule has 3 aromatic rings. The van der Waals surface area contributed by atoms with Crippen LogP contribution < -0.4 is 14.8 Å². The second-order valence-electron chi connectivity index (χ2n) is 6.94. The van der Waals surface area contributed by atoms with Gasteiger partial charge < -0.3 is 14.8 Å². The third-order valence-corrected chi connectivity index (χ3v) is 5.71. The summed E-state index contributed by atoms with van der Waals surface area (Å²) in [6.07, 6.45) is 5.72. The lowest BCUT2D eigenvalue weighted by atomic mass is 10.2. The summed E-state index contributed by atoms with van der Waals surface area (Å²) in [6.45, 7) is 4.50. The van der Waals surface area contributed by atoms with Crippen LogP contribution in [0.15, 0.2) is 18.6 Å². The molecule has 0 saturated carbocycles. The number of fused-ring (bicyclic) bond motifs is 1. The number of halogens is 1. The van der Waals surface area contributed by atoms with Crippen molar-refractivity contribution < 1.29 is 18.7 Å². The molecule has 4 heterocycles. The lowest BCUT2D eigenvalue weighted by Gasteiger charge is -2.19. The Morgan fingerprint density at radius 1 is 1.45 bits per heavy atom. The van der Waals surface area contributed by atoms with E-state index >= 15 is 0 Å². The van der Waals surface area contributed by atoms with Crippen LogP contribution in [-0.4, -0.2) is 56.2 Å². The van der Waals surface area contributed by atoms with Gasteiger partial charge in [-0.25, -0.2) is 9.50 Å². The second kappa shape index (κ2) is 7.91. The van der Waals surface area contributed by atoms with Crippen molar-refractivity contribution in [3.8, 4) is 11.5 Å². The molecule has 1 aliphatic heterocycles. The van der Waals surface area contributed by atoms with Crippen LogP contribution in [0.2, 0.25) is 0 Å². The second-order valence-corrected chi connectivity index (χ2v) is 8.02. The number of aromatic nitrogens is 4. The van der Waals surface area contributed by atoms with E-state index in [9.17, 15) is 9.18 Å². The number of thiazole rings is 1. The molecule has 1 fully saturated rings. The quantitative estimate of drug-likeness (QED) is 0.654. The van der Waals surface area contributed by atoms with Crippen molar-refractivity contribution in [2.24, 2.45) is 0 Å². The Labute approximate surface area is 170 Å². The minimum Gasteiger partial charge on any atom is -0.494 e. The van der Waals surface area contributed by atoms with E-state index in [-0.39, 0.29) is 23.2 Å². The topological polar surface area (TPSA) is 93.9 Å². The Hall–Kier alpha value is -2.79. The highest BCUT2D eigenvalue weighted by molar-refractivity contribution is 7.15. The number of rotatable bonds is 6. The molecule has 0 spiro atoms. The summed E-state index contributed by atoms with van der Waals surface area (Å²) in [5.74, 6) is 0.394. The first-order chi connectivity index (χ1) is 13.9. The predicted molar refractivity (Wildman–Crippen MR) is 105 cm³/mol. The zero-order chi connectivity index (χ0) is 20.5. The van der Waals surface area contributed by atoms with Gasteiger partial charge in [0.15, 0.2) is 22.3 Å². The monoisotopic (exact) mass is 420 g/mol. The summed E-state index contributed by atoms with van der Waals surface area (Å²) in [7, 11) is 1.57. The minimum atomic E-state index is -0.545. The van der Waals surface area contributed by atoms with Gasteiger partial charge in [0.05, 0.1) is 30.6 Å². The third-order valence-electron chi connectivity index (χ3n) is 4.77. The lowest BCUT2D eigenvalue weighted by Crippen LogP contribution is -2.28. The number of anilines is 1. The molecule has 4 rings (SSSR count). The summed E-state index contributed by atoms with van der Waals surface area (Å²) in [4.78, 5) is 21.9. The molecule has 29 heavy (non-hydrogen) atoms. The third kappa shape index (κ3) is 4.15. The average molecular weight is 420 g/mol. The molecule has 1 saturated heterocycles. The molecule has 0 aliphatic carbocycles. The van der Waals surface area contributed by atoms with E-state index in [2.05, 4.69) is 32.2 Å². The molecular formula is C18H21FN6O3S. The van der Waals surface area contributed by atoms with Crippen LogP contribution in [0.1, 0.15) is 25.1 Å². The van der Waals surface area contributed by atoms with E-state index in [1.54, 1.807) is 30.2 Å². The smallest absolute Gasteiger partial charge is 0.230 e. The first kappa shape index (κ1) is 19.5. The highest BCUT2D eigenvalue weighted by atomic mass is 32.1. The fourth-order valence-electron chi connectivity index (χ4n) is 3.37. The van der Waals surface area contributed by atoms with Crippen molar-refractivity contribution in [1.29, 1.82) is 0 Å². The molecule has 1 unspecified atom stereocenters. The van der Waals surface area contributed by atoms with Crippen molar-refractivity contribution in [1.82, 2.24) is 24.5 Å². The van der Waals surface area contributed by atoms with Gasteiger partial charge in [0.2, 0.25) is 11.9 Å². The van der Waals surface area contributed by atoms with Crippen LogP contribution in [0.4, 0.5) is 9.52 Å². The molecule has 9 nitrogen and oxygen atoms in total. The number of methoxy groups -OCH3 is 1. The Kier molecular flexibility index (Phi) is 5.33. The molecule has 3 aromatic heterocycles. The number of hydrogen-bond acceptors (Lipinski definition) is 8. The van der Waals surface area contributed by atoms with Crippen LogP contribution >= 0.6 is 11.3 Å². The van der Waals surface area contributed by atoms with Gasteiger partial charge in [-0.2, -0.15) is 14.5 Å². The maximum Gasteiger partial charge on any atom is 0.230 e. The zero-order valence-corrected chi connectivity index (χ0v) is 17.1. The number of hydrogen-bond donors (Lipinski definition) is 1. The number of nitrogens with one attached hydrogen (secondary N) is 1. The van der Waals surface area contributed by atoms with Crippen LogP contribution in [0, 0.1) is 5.95 Å². The van der Waals surface area contributed by atoms with Gasteiger partial charge in [-0.15, -0.1) is 0 Å². The molecule has 0 bridgehead atoms. The number of ether oxygens (including phenoxy) is 2. The largest absolute Gasteiger partial charge is 0.494 e. The first-order valence-electron chi connectivity index (χ1n) is 9.13. The van der Waals surface area contributed by atoms with E-state index in [1.807, 2.05) is 0 Å². The molecule has 1 amide bonds. The highest BCUT2D eigenvalue weighted by Gasteiger charge is 2.32. The standard InChI is InChI=1S/C18H21FN6O3S/c1-10-4-12(28-14-6-21-25-8-13(27-3)5-20-17(14)25)7-24(10)9-15-16(19)23-18(29-15)22-11(2)26/h5-6,8,10,12H,4,7,9H2,1-3H3,(H,22,23,26)/t10-,12?/m0/s1. The van der Waals surface area contributed by atoms with E-state index in [0.29, 0.717) is 35.1 Å². The van der Waals surface area contributed by atoms with E-state index < -0.39 is 5.95 Å². The molecule has 11 heteroatoms. The number of nitrogens with zero attached hydrogens (tertiary/aromatic N) is 5. The Bertz CT molecular complexity index is 1040. The summed E-state index contributed by atoms with van der Waals surface area (Å²) < 4.78 is 27.0.